The van der Waals surface area contributed by atoms with E-state index in [1.807, 2.05) is 0 Å². The highest BCUT2D eigenvalue weighted by molar-refractivity contribution is 7.40. The molecule has 0 aliphatic carbocycles. The molecule has 0 amide bonds. The smallest absolute Gasteiger partial charge is 0.0274 e. The molecule has 0 spiro atoms. The first-order chi connectivity index (χ1) is 6.18. The molecular weight excluding hydrogens is 204 g/mol. The minimum atomic E-state index is -0.0918. The molecule has 3 heteroatoms. The number of unbranched alkanes of at least 4 members (excludes halogenated alkanes) is 5. The molecule has 0 atom stereocenters. The predicted octanol–water partition coefficient (Wildman–Crippen LogP) is 3.34. The van der Waals surface area contributed by atoms with Gasteiger partial charge in [0, 0.05) is 25.9 Å². The molecule has 0 bridgehead atoms. The topological polar surface area (TPSA) is 0 Å². The van der Waals surface area contributed by atoms with Crippen molar-refractivity contribution in [3.8, 4) is 0 Å². The minimum absolute atomic E-state index is 0.00604. The Morgan fingerprint density at radius 2 is 1.46 bits per heavy atom. The maximum Gasteiger partial charge on any atom is 0.0274 e. The van der Waals surface area contributed by atoms with E-state index in [4.69, 9.17) is 0 Å². The third-order valence-electron chi connectivity index (χ3n) is 2.38. The van der Waals surface area contributed by atoms with E-state index in [1.165, 1.54) is 44.6 Å². The molecule has 75 valence electrons. The molecule has 0 rings (SSSR count). The van der Waals surface area contributed by atoms with E-state index in [9.17, 15) is 0 Å². The zero-order valence-corrected chi connectivity index (χ0v) is 12.4. The van der Waals surface area contributed by atoms with Gasteiger partial charge < -0.3 is 0 Å². The van der Waals surface area contributed by atoms with Crippen LogP contribution in [0.25, 0.3) is 0 Å². The van der Waals surface area contributed by atoms with E-state index in [0.29, 0.717) is 0 Å². The van der Waals surface area contributed by atoms with Crippen molar-refractivity contribution in [2.45, 2.75) is 64.6 Å². The van der Waals surface area contributed by atoms with Gasteiger partial charge in [0.25, 0.3) is 0 Å². The second kappa shape index (κ2) is 9.22. The molecule has 0 aromatic carbocycles. The normalized spacial score (nSPS) is 11.5. The summed E-state index contributed by atoms with van der Waals surface area (Å²) in [6.45, 7) is 7.15. The molecule has 0 aromatic heterocycles. The summed E-state index contributed by atoms with van der Waals surface area (Å²) in [6, 6.07) is 1.50. The van der Waals surface area contributed by atoms with Crippen LogP contribution in [0.3, 0.4) is 0 Å². The summed E-state index contributed by atoms with van der Waals surface area (Å²) in [4.78, 5) is 0. The fourth-order valence-corrected chi connectivity index (χ4v) is 5.00. The van der Waals surface area contributed by atoms with Crippen molar-refractivity contribution < 1.29 is 0 Å². The van der Waals surface area contributed by atoms with Gasteiger partial charge in [0.05, 0.1) is 0 Å². The lowest BCUT2D eigenvalue weighted by molar-refractivity contribution is 0.624. The van der Waals surface area contributed by atoms with Crippen LogP contribution >= 0.6 is 0 Å². The molecular formula is C10H23Si3. The third kappa shape index (κ3) is 8.97. The summed E-state index contributed by atoms with van der Waals surface area (Å²) >= 11 is 0. The Balaban J connectivity index is 3.07. The largest absolute Gasteiger partial charge is 0.0737 e. The molecule has 0 aliphatic rings. The Hall–Kier alpha value is 0.651. The van der Waals surface area contributed by atoms with Crippen molar-refractivity contribution in [1.82, 2.24) is 0 Å². The second-order valence-electron chi connectivity index (χ2n) is 4.00. The van der Waals surface area contributed by atoms with Crippen LogP contribution in [0.1, 0.15) is 45.4 Å². The molecule has 0 N–H and O–H groups in total. The van der Waals surface area contributed by atoms with Gasteiger partial charge in [-0.3, -0.25) is 0 Å². The summed E-state index contributed by atoms with van der Waals surface area (Å²) in [7, 11) is 3.84. The van der Waals surface area contributed by atoms with Gasteiger partial charge in [-0.1, -0.05) is 64.6 Å². The van der Waals surface area contributed by atoms with Crippen LogP contribution in [-0.2, 0) is 0 Å². The Morgan fingerprint density at radius 3 is 2.00 bits per heavy atom. The summed E-state index contributed by atoms with van der Waals surface area (Å²) in [5.41, 5.74) is 0. The van der Waals surface area contributed by atoms with Gasteiger partial charge in [-0.25, -0.2) is 0 Å². The lowest BCUT2D eigenvalue weighted by Gasteiger charge is -2.11. The Morgan fingerprint density at radius 1 is 0.923 bits per heavy atom. The molecule has 0 saturated carbocycles. The second-order valence-corrected chi connectivity index (χ2v) is 15.6. The van der Waals surface area contributed by atoms with E-state index in [0.717, 1.165) is 0 Å². The average Bonchev–Trinajstić information content (AvgIpc) is 2.10. The zero-order chi connectivity index (χ0) is 10.1. The minimum Gasteiger partial charge on any atom is -0.0737 e. The summed E-state index contributed by atoms with van der Waals surface area (Å²) in [6.07, 6.45) is 8.65. The van der Waals surface area contributed by atoms with Crippen LogP contribution in [-0.4, -0.2) is 25.9 Å². The van der Waals surface area contributed by atoms with Crippen LogP contribution in [0.2, 0.25) is 19.1 Å². The van der Waals surface area contributed by atoms with Crippen molar-refractivity contribution in [3.63, 3.8) is 0 Å². The number of rotatable bonds is 8. The molecule has 0 aromatic rings. The summed E-state index contributed by atoms with van der Waals surface area (Å²) in [5, 5.41) is 0. The zero-order valence-electron chi connectivity index (χ0n) is 9.45. The standard InChI is InChI=1S/C10H23Si3/c1-4-5-6-7-8-9-10-13(11)12(2)3/h4-10H2,1-3H3. The first-order valence-electron chi connectivity index (χ1n) is 5.56. The lowest BCUT2D eigenvalue weighted by Crippen LogP contribution is -2.30. The van der Waals surface area contributed by atoms with Gasteiger partial charge in [-0.15, -0.1) is 0 Å². The van der Waals surface area contributed by atoms with Crippen molar-refractivity contribution >= 4 is 25.9 Å². The van der Waals surface area contributed by atoms with Crippen molar-refractivity contribution in [3.05, 3.63) is 0 Å². The Kier molecular flexibility index (Phi) is 9.68. The summed E-state index contributed by atoms with van der Waals surface area (Å²) in [5.74, 6) is 0. The van der Waals surface area contributed by atoms with E-state index >= 15 is 0 Å². The molecule has 0 unspecified atom stereocenters. The van der Waals surface area contributed by atoms with E-state index < -0.39 is 0 Å². The van der Waals surface area contributed by atoms with Crippen molar-refractivity contribution in [1.29, 1.82) is 0 Å². The van der Waals surface area contributed by atoms with Gasteiger partial charge in [0.1, 0.15) is 0 Å². The Bertz CT molecular complexity index is 104. The van der Waals surface area contributed by atoms with Gasteiger partial charge >= 0.3 is 0 Å². The molecule has 0 aliphatic heterocycles. The van der Waals surface area contributed by atoms with Crippen LogP contribution < -0.4 is 0 Å². The van der Waals surface area contributed by atoms with Crippen LogP contribution in [0.5, 0.6) is 0 Å². The van der Waals surface area contributed by atoms with E-state index in [2.05, 4.69) is 29.8 Å². The van der Waals surface area contributed by atoms with Crippen molar-refractivity contribution in [2.24, 2.45) is 0 Å². The predicted molar refractivity (Wildman–Crippen MR) is 67.2 cm³/mol. The molecule has 0 heterocycles. The Labute approximate surface area is 90.7 Å². The molecule has 0 fully saturated rings. The molecule has 13 heavy (non-hydrogen) atoms. The highest BCUT2D eigenvalue weighted by atomic mass is 29.6. The van der Waals surface area contributed by atoms with Gasteiger partial charge in [0.15, 0.2) is 0 Å². The van der Waals surface area contributed by atoms with E-state index in [1.54, 1.807) is 0 Å². The van der Waals surface area contributed by atoms with Crippen LogP contribution in [0.15, 0.2) is 0 Å². The fraction of sp³-hybridized carbons (Fsp3) is 1.00. The highest BCUT2D eigenvalue weighted by Crippen LogP contribution is 2.08. The molecule has 5 radical (unpaired) electrons. The van der Waals surface area contributed by atoms with Crippen molar-refractivity contribution in [2.75, 3.05) is 0 Å². The number of hydrogen-bond donors (Lipinski definition) is 0. The van der Waals surface area contributed by atoms with Gasteiger partial charge in [0.2, 0.25) is 0 Å². The average molecular weight is 228 g/mol. The van der Waals surface area contributed by atoms with Crippen LogP contribution in [0.4, 0.5) is 0 Å². The van der Waals surface area contributed by atoms with E-state index in [-0.39, 0.29) is 16.1 Å². The summed E-state index contributed by atoms with van der Waals surface area (Å²) < 4.78 is 0. The number of hydrogen-bond acceptors (Lipinski definition) is 0. The lowest BCUT2D eigenvalue weighted by atomic mass is 10.1. The first-order valence-corrected chi connectivity index (χ1v) is 12.3. The third-order valence-corrected chi connectivity index (χ3v) is 14.1. The highest BCUT2D eigenvalue weighted by Gasteiger charge is 2.09. The monoisotopic (exact) mass is 227 g/mol. The van der Waals surface area contributed by atoms with Gasteiger partial charge in [-0.05, 0) is 0 Å². The SMILES string of the molecule is CCCCCCCC[Si]([Si])[Si](C)C. The van der Waals surface area contributed by atoms with Crippen LogP contribution in [0, 0.1) is 0 Å². The fourth-order valence-electron chi connectivity index (χ4n) is 1.33. The molecule has 0 nitrogen and oxygen atoms in total. The van der Waals surface area contributed by atoms with Gasteiger partial charge in [-0.2, -0.15) is 0 Å². The maximum absolute atomic E-state index is 3.92. The molecule has 0 saturated heterocycles. The maximum atomic E-state index is 3.92. The quantitative estimate of drug-likeness (QED) is 0.441. The first kappa shape index (κ1) is 13.7.